The fourth-order valence-corrected chi connectivity index (χ4v) is 1.13. The zero-order valence-electron chi connectivity index (χ0n) is 6.50. The molecule has 3 nitrogen and oxygen atoms in total. The Labute approximate surface area is 75.1 Å². The first-order chi connectivity index (χ1) is 5.65. The fraction of sp³-hybridized carbons (Fsp3) is 0.250. The van der Waals surface area contributed by atoms with Gasteiger partial charge in [-0.25, -0.2) is 0 Å². The van der Waals surface area contributed by atoms with Crippen LogP contribution in [-0.2, 0) is 6.42 Å². The molecule has 0 atom stereocenters. The monoisotopic (exact) mass is 184 g/mol. The average Bonchev–Trinajstić information content (AvgIpc) is 2.03. The molecule has 0 spiro atoms. The molecule has 0 heterocycles. The van der Waals surface area contributed by atoms with Crippen LogP contribution >= 0.6 is 11.6 Å². The van der Waals surface area contributed by atoms with Crippen molar-refractivity contribution in [1.29, 1.82) is 0 Å². The molecule has 1 aromatic carbocycles. The minimum Gasteiger partial charge on any atom is -0.258 e. The van der Waals surface area contributed by atoms with E-state index in [4.69, 9.17) is 11.6 Å². The Balaban J connectivity index is 3.20. The highest BCUT2D eigenvalue weighted by molar-refractivity contribution is 6.30. The van der Waals surface area contributed by atoms with Crippen LogP contribution in [0.2, 0.25) is 5.02 Å². The molecule has 0 amide bonds. The van der Waals surface area contributed by atoms with Crippen molar-refractivity contribution < 1.29 is 4.92 Å². The van der Waals surface area contributed by atoms with Gasteiger partial charge in [0.2, 0.25) is 0 Å². The Morgan fingerprint density at radius 3 is 2.92 bits per heavy atom. The lowest BCUT2D eigenvalue weighted by Gasteiger charge is -1.98. The van der Waals surface area contributed by atoms with Crippen LogP contribution in [0.1, 0.15) is 12.5 Å². The minimum atomic E-state index is -0.449. The topological polar surface area (TPSA) is 43.1 Å². The first-order valence-electron chi connectivity index (χ1n) is 3.49. The summed E-state index contributed by atoms with van der Waals surface area (Å²) in [7, 11) is 0. The summed E-state index contributed by atoms with van der Waals surface area (Å²) in [6.07, 6.45) is 0.591. The molecule has 0 saturated carbocycles. The lowest BCUT2D eigenvalue weighted by molar-refractivity contribution is -0.385. The van der Waals surface area contributed by atoms with E-state index in [0.29, 0.717) is 17.0 Å². The van der Waals surface area contributed by atoms with Crippen molar-refractivity contribution in [2.75, 3.05) is 0 Å². The first-order valence-corrected chi connectivity index (χ1v) is 3.87. The van der Waals surface area contributed by atoms with Crippen LogP contribution in [-0.4, -0.2) is 4.92 Å². The van der Waals surface area contributed by atoms with Crippen LogP contribution in [0.5, 0.6) is 0 Å². The lowest BCUT2D eigenvalue weighted by atomic mass is 10.1. The molecule has 0 fully saturated rings. The van der Waals surface area contributed by atoms with Gasteiger partial charge in [-0.2, -0.15) is 0 Å². The molecule has 1 rings (SSSR count). The van der Waals surface area contributed by atoms with Gasteiger partial charge in [-0.3, -0.25) is 10.1 Å². The second kappa shape index (κ2) is 3.54. The lowest BCUT2D eigenvalue weighted by Crippen LogP contribution is -1.93. The zero-order valence-corrected chi connectivity index (χ0v) is 7.26. The summed E-state index contributed by atoms with van der Waals surface area (Å²) in [5.41, 5.74) is 0.634. The number of hydrogen-bond donors (Lipinski definition) is 0. The summed E-state index contributed by atoms with van der Waals surface area (Å²) in [5.74, 6) is 0. The van der Waals surface area contributed by atoms with E-state index in [1.165, 1.54) is 6.07 Å². The number of halogens is 1. The molecule has 0 N–H and O–H groups in total. The van der Waals surface area contributed by atoms with Gasteiger partial charge in [0.15, 0.2) is 0 Å². The molecule has 1 aromatic rings. The highest BCUT2D eigenvalue weighted by Gasteiger charge is 2.11. The number of rotatable bonds is 2. The zero-order chi connectivity index (χ0) is 9.14. The first kappa shape index (κ1) is 9.00. The van der Waals surface area contributed by atoms with E-state index < -0.39 is 4.92 Å². The van der Waals surface area contributed by atoms with E-state index in [2.05, 4.69) is 6.07 Å². The third kappa shape index (κ3) is 1.74. The Bertz CT molecular complexity index is 312. The molecular weight excluding hydrogens is 178 g/mol. The van der Waals surface area contributed by atoms with Gasteiger partial charge in [-0.1, -0.05) is 18.5 Å². The second-order valence-corrected chi connectivity index (χ2v) is 2.74. The van der Waals surface area contributed by atoms with E-state index in [-0.39, 0.29) is 5.69 Å². The highest BCUT2D eigenvalue weighted by atomic mass is 35.5. The molecule has 0 aliphatic heterocycles. The largest absolute Gasteiger partial charge is 0.280 e. The maximum atomic E-state index is 10.4. The van der Waals surface area contributed by atoms with E-state index in [1.54, 1.807) is 6.07 Å². The molecule has 12 heavy (non-hydrogen) atoms. The molecule has 4 heteroatoms. The van der Waals surface area contributed by atoms with Gasteiger partial charge in [0.05, 0.1) is 11.0 Å². The van der Waals surface area contributed by atoms with Gasteiger partial charge in [-0.05, 0) is 18.6 Å². The molecule has 0 aliphatic carbocycles. The van der Waals surface area contributed by atoms with Gasteiger partial charge in [0.1, 0.15) is 0 Å². The SMILES string of the molecule is CCc1cc(Cl)c[c]c1[N+](=O)[O-]. The predicted octanol–water partition coefficient (Wildman–Crippen LogP) is 2.61. The van der Waals surface area contributed by atoms with E-state index in [1.807, 2.05) is 6.92 Å². The summed E-state index contributed by atoms with van der Waals surface area (Å²) in [5, 5.41) is 10.9. The molecule has 0 saturated heterocycles. The van der Waals surface area contributed by atoms with Crippen molar-refractivity contribution in [3.05, 3.63) is 38.9 Å². The van der Waals surface area contributed by atoms with Gasteiger partial charge in [0.25, 0.3) is 5.69 Å². The quantitative estimate of drug-likeness (QED) is 0.524. The van der Waals surface area contributed by atoms with Crippen LogP contribution in [0.4, 0.5) is 5.69 Å². The van der Waals surface area contributed by atoms with Crippen LogP contribution in [0.3, 0.4) is 0 Å². The van der Waals surface area contributed by atoms with Crippen molar-refractivity contribution in [2.45, 2.75) is 13.3 Å². The van der Waals surface area contributed by atoms with Crippen LogP contribution < -0.4 is 0 Å². The van der Waals surface area contributed by atoms with Crippen molar-refractivity contribution in [2.24, 2.45) is 0 Å². The van der Waals surface area contributed by atoms with Gasteiger partial charge >= 0.3 is 0 Å². The summed E-state index contributed by atoms with van der Waals surface area (Å²) >= 11 is 5.65. The number of nitro benzene ring substituents is 1. The minimum absolute atomic E-state index is 0.0156. The standard InChI is InChI=1S/C8H7ClNO2/c1-2-6-5-7(9)3-4-8(6)10(11)12/h3,5H,2H2,1H3. The second-order valence-electron chi connectivity index (χ2n) is 2.30. The van der Waals surface area contributed by atoms with Crippen molar-refractivity contribution in [1.82, 2.24) is 0 Å². The summed E-state index contributed by atoms with van der Waals surface area (Å²) < 4.78 is 0. The number of benzene rings is 1. The van der Waals surface area contributed by atoms with E-state index >= 15 is 0 Å². The highest BCUT2D eigenvalue weighted by Crippen LogP contribution is 2.21. The Hall–Kier alpha value is -1.09. The van der Waals surface area contributed by atoms with E-state index in [0.717, 1.165) is 0 Å². The van der Waals surface area contributed by atoms with E-state index in [9.17, 15) is 10.1 Å². The van der Waals surface area contributed by atoms with Crippen LogP contribution in [0, 0.1) is 16.2 Å². The Kier molecular flexibility index (Phi) is 2.65. The Morgan fingerprint density at radius 1 is 1.75 bits per heavy atom. The van der Waals surface area contributed by atoms with Crippen molar-refractivity contribution in [3.63, 3.8) is 0 Å². The third-order valence-corrected chi connectivity index (χ3v) is 1.74. The molecule has 0 aromatic heterocycles. The van der Waals surface area contributed by atoms with Gasteiger partial charge < -0.3 is 0 Å². The predicted molar refractivity (Wildman–Crippen MR) is 46.3 cm³/mol. The maximum absolute atomic E-state index is 10.4. The molecule has 1 radical (unpaired) electrons. The summed E-state index contributed by atoms with van der Waals surface area (Å²) in [4.78, 5) is 9.97. The maximum Gasteiger partial charge on any atom is 0.280 e. The molecule has 0 aliphatic rings. The van der Waals surface area contributed by atoms with Crippen molar-refractivity contribution >= 4 is 17.3 Å². The smallest absolute Gasteiger partial charge is 0.258 e. The molecule has 0 unspecified atom stereocenters. The average molecular weight is 185 g/mol. The van der Waals surface area contributed by atoms with Crippen LogP contribution in [0.15, 0.2) is 12.1 Å². The molecular formula is C8H7ClNO2. The number of hydrogen-bond acceptors (Lipinski definition) is 2. The Morgan fingerprint density at radius 2 is 2.42 bits per heavy atom. The number of nitrogens with zero attached hydrogens (tertiary/aromatic N) is 1. The summed E-state index contributed by atoms with van der Waals surface area (Å²) in [6, 6.07) is 5.52. The molecule has 63 valence electrons. The van der Waals surface area contributed by atoms with Gasteiger partial charge in [-0.15, -0.1) is 0 Å². The van der Waals surface area contributed by atoms with Crippen LogP contribution in [0.25, 0.3) is 0 Å². The number of nitro groups is 1. The summed E-state index contributed by atoms with van der Waals surface area (Å²) in [6.45, 7) is 1.84. The normalized spacial score (nSPS) is 9.83. The van der Waals surface area contributed by atoms with Gasteiger partial charge in [0, 0.05) is 10.6 Å². The molecule has 0 bridgehead atoms. The third-order valence-electron chi connectivity index (χ3n) is 1.53. The van der Waals surface area contributed by atoms with Crippen molar-refractivity contribution in [3.8, 4) is 0 Å². The number of aryl methyl sites for hydroxylation is 1. The fourth-order valence-electron chi connectivity index (χ4n) is 0.946.